The SMILES string of the molecule is CN(C(=O)c1ncc(-c2nc3ccc(Cl)cc3o2)cc1F)[C@@H]1CC[C@H](NC(=O)[C@@H]2CCCO2)C1. The van der Waals surface area contributed by atoms with E-state index in [9.17, 15) is 14.0 Å². The smallest absolute Gasteiger partial charge is 0.275 e. The Labute approximate surface area is 200 Å². The van der Waals surface area contributed by atoms with Crippen molar-refractivity contribution in [2.24, 2.45) is 0 Å². The number of halogens is 2. The van der Waals surface area contributed by atoms with Crippen molar-refractivity contribution in [3.05, 3.63) is 47.0 Å². The van der Waals surface area contributed by atoms with E-state index < -0.39 is 11.7 Å². The van der Waals surface area contributed by atoms with Gasteiger partial charge in [0.15, 0.2) is 17.1 Å². The largest absolute Gasteiger partial charge is 0.436 e. The van der Waals surface area contributed by atoms with Crippen LogP contribution >= 0.6 is 11.6 Å². The van der Waals surface area contributed by atoms with E-state index in [1.165, 1.54) is 17.2 Å². The first-order valence-electron chi connectivity index (χ1n) is 11.3. The van der Waals surface area contributed by atoms with Gasteiger partial charge in [0.2, 0.25) is 11.8 Å². The van der Waals surface area contributed by atoms with Gasteiger partial charge >= 0.3 is 0 Å². The average molecular weight is 487 g/mol. The summed E-state index contributed by atoms with van der Waals surface area (Å²) in [6.07, 6.45) is 4.68. The Morgan fingerprint density at radius 2 is 2.09 bits per heavy atom. The molecule has 2 aliphatic rings. The molecule has 5 rings (SSSR count). The molecule has 0 bridgehead atoms. The molecule has 1 aliphatic heterocycles. The van der Waals surface area contributed by atoms with Gasteiger partial charge in [-0.1, -0.05) is 11.6 Å². The summed E-state index contributed by atoms with van der Waals surface area (Å²) in [5.41, 5.74) is 1.12. The molecule has 1 aromatic carbocycles. The van der Waals surface area contributed by atoms with Gasteiger partial charge in [0, 0.05) is 43.0 Å². The summed E-state index contributed by atoms with van der Waals surface area (Å²) in [7, 11) is 1.64. The van der Waals surface area contributed by atoms with Crippen LogP contribution in [0.15, 0.2) is 34.9 Å². The van der Waals surface area contributed by atoms with Crippen molar-refractivity contribution in [2.75, 3.05) is 13.7 Å². The molecule has 2 aromatic heterocycles. The lowest BCUT2D eigenvalue weighted by Crippen LogP contribution is -2.42. The van der Waals surface area contributed by atoms with Gasteiger partial charge in [-0.05, 0) is 50.3 Å². The fourth-order valence-corrected chi connectivity index (χ4v) is 4.75. The molecule has 0 spiro atoms. The van der Waals surface area contributed by atoms with Gasteiger partial charge in [-0.3, -0.25) is 9.59 Å². The molecule has 0 unspecified atom stereocenters. The van der Waals surface area contributed by atoms with Crippen LogP contribution in [0.3, 0.4) is 0 Å². The number of hydrogen-bond donors (Lipinski definition) is 1. The predicted octanol–water partition coefficient (Wildman–Crippen LogP) is 3.97. The standard InChI is InChI=1S/C24H24ClFN4O4/c1-30(16-6-5-15(11-16)28-22(31)19-3-2-8-33-19)24(32)21-17(26)9-13(12-27-21)23-29-18-7-4-14(25)10-20(18)34-23/h4,7,9-10,12,15-16,19H,2-3,5-6,8,11H2,1H3,(H,28,31)/t15-,16+,19-/m0/s1. The molecule has 3 atom stereocenters. The Balaban J connectivity index is 1.25. The average Bonchev–Trinajstić information content (AvgIpc) is 3.58. The minimum absolute atomic E-state index is 0.0372. The van der Waals surface area contributed by atoms with Crippen LogP contribution in [0.5, 0.6) is 0 Å². The third-order valence-electron chi connectivity index (χ3n) is 6.48. The maximum atomic E-state index is 14.9. The molecule has 2 amide bonds. The van der Waals surface area contributed by atoms with E-state index in [0.717, 1.165) is 19.3 Å². The van der Waals surface area contributed by atoms with Crippen LogP contribution in [0, 0.1) is 5.82 Å². The van der Waals surface area contributed by atoms with E-state index in [-0.39, 0.29) is 35.7 Å². The molecule has 2 fully saturated rings. The number of amides is 2. The highest BCUT2D eigenvalue weighted by Crippen LogP contribution is 2.28. The van der Waals surface area contributed by atoms with Crippen molar-refractivity contribution in [1.29, 1.82) is 0 Å². The lowest BCUT2D eigenvalue weighted by molar-refractivity contribution is -0.130. The number of carbonyl (C=O) groups is 2. The second-order valence-corrected chi connectivity index (χ2v) is 9.21. The fourth-order valence-electron chi connectivity index (χ4n) is 4.59. The van der Waals surface area contributed by atoms with Crippen molar-refractivity contribution in [1.82, 2.24) is 20.2 Å². The first kappa shape index (κ1) is 22.7. The van der Waals surface area contributed by atoms with Crippen LogP contribution in [0.4, 0.5) is 4.39 Å². The molecule has 10 heteroatoms. The Kier molecular flexibility index (Phi) is 6.22. The van der Waals surface area contributed by atoms with Gasteiger partial charge < -0.3 is 19.4 Å². The van der Waals surface area contributed by atoms with Gasteiger partial charge in [0.25, 0.3) is 5.91 Å². The van der Waals surface area contributed by atoms with Crippen LogP contribution in [0.1, 0.15) is 42.6 Å². The number of ether oxygens (including phenoxy) is 1. The Bertz CT molecular complexity index is 1240. The van der Waals surface area contributed by atoms with Crippen LogP contribution in [0.2, 0.25) is 5.02 Å². The summed E-state index contributed by atoms with van der Waals surface area (Å²) in [5, 5.41) is 3.52. The number of fused-ring (bicyclic) bond motifs is 1. The zero-order valence-electron chi connectivity index (χ0n) is 18.6. The summed E-state index contributed by atoms with van der Waals surface area (Å²) in [5.74, 6) is -1.17. The summed E-state index contributed by atoms with van der Waals surface area (Å²) < 4.78 is 26.0. The highest BCUT2D eigenvalue weighted by Gasteiger charge is 2.34. The van der Waals surface area contributed by atoms with Crippen LogP contribution < -0.4 is 5.32 Å². The molecule has 1 N–H and O–H groups in total. The molecule has 1 saturated carbocycles. The van der Waals surface area contributed by atoms with Gasteiger partial charge in [-0.2, -0.15) is 0 Å². The van der Waals surface area contributed by atoms with Crippen molar-refractivity contribution in [3.8, 4) is 11.5 Å². The van der Waals surface area contributed by atoms with E-state index in [0.29, 0.717) is 41.1 Å². The van der Waals surface area contributed by atoms with E-state index in [1.807, 2.05) is 0 Å². The van der Waals surface area contributed by atoms with E-state index in [4.69, 9.17) is 20.8 Å². The third-order valence-corrected chi connectivity index (χ3v) is 6.72. The van der Waals surface area contributed by atoms with Crippen molar-refractivity contribution >= 4 is 34.5 Å². The second-order valence-electron chi connectivity index (χ2n) is 8.78. The van der Waals surface area contributed by atoms with Crippen LogP contribution in [-0.2, 0) is 9.53 Å². The van der Waals surface area contributed by atoms with Gasteiger partial charge in [-0.25, -0.2) is 14.4 Å². The zero-order chi connectivity index (χ0) is 23.8. The van der Waals surface area contributed by atoms with Crippen LogP contribution in [0.25, 0.3) is 22.6 Å². The lowest BCUT2D eigenvalue weighted by atomic mass is 10.1. The number of pyridine rings is 1. The highest BCUT2D eigenvalue weighted by atomic mass is 35.5. The number of nitrogens with zero attached hydrogens (tertiary/aromatic N) is 3. The first-order valence-corrected chi connectivity index (χ1v) is 11.7. The fraction of sp³-hybridized carbons (Fsp3) is 0.417. The van der Waals surface area contributed by atoms with Crippen molar-refractivity contribution in [3.63, 3.8) is 0 Å². The number of nitrogens with one attached hydrogen (secondary N) is 1. The molecule has 3 aromatic rings. The Morgan fingerprint density at radius 3 is 2.85 bits per heavy atom. The van der Waals surface area contributed by atoms with E-state index in [1.54, 1.807) is 25.2 Å². The first-order chi connectivity index (χ1) is 16.4. The maximum Gasteiger partial charge on any atom is 0.275 e. The zero-order valence-corrected chi connectivity index (χ0v) is 19.3. The highest BCUT2D eigenvalue weighted by molar-refractivity contribution is 6.31. The lowest BCUT2D eigenvalue weighted by Gasteiger charge is -2.25. The van der Waals surface area contributed by atoms with Crippen LogP contribution in [-0.4, -0.2) is 58.5 Å². The molecule has 3 heterocycles. The number of carbonyl (C=O) groups excluding carboxylic acids is 2. The summed E-state index contributed by atoms with van der Waals surface area (Å²) in [4.78, 5) is 35.2. The summed E-state index contributed by atoms with van der Waals surface area (Å²) >= 11 is 5.97. The quantitative estimate of drug-likeness (QED) is 0.586. The molecular weight excluding hydrogens is 463 g/mol. The monoisotopic (exact) mass is 486 g/mol. The summed E-state index contributed by atoms with van der Waals surface area (Å²) in [6.45, 7) is 0.612. The second kappa shape index (κ2) is 9.31. The normalized spacial score (nSPS) is 22.3. The Hall–Kier alpha value is -3.04. The predicted molar refractivity (Wildman–Crippen MR) is 123 cm³/mol. The van der Waals surface area contributed by atoms with E-state index >= 15 is 0 Å². The number of benzene rings is 1. The maximum absolute atomic E-state index is 14.9. The number of rotatable bonds is 5. The topological polar surface area (TPSA) is 97.6 Å². The van der Waals surface area contributed by atoms with Crippen molar-refractivity contribution < 1.29 is 23.1 Å². The molecule has 8 nitrogen and oxygen atoms in total. The number of oxazole rings is 1. The molecule has 0 radical (unpaired) electrons. The minimum atomic E-state index is -0.754. The number of hydrogen-bond acceptors (Lipinski definition) is 6. The Morgan fingerprint density at radius 1 is 1.24 bits per heavy atom. The molecular formula is C24H24ClFN4O4. The molecule has 1 aliphatic carbocycles. The molecule has 178 valence electrons. The van der Waals surface area contributed by atoms with Crippen molar-refractivity contribution in [2.45, 2.75) is 50.3 Å². The van der Waals surface area contributed by atoms with Gasteiger partial charge in [0.05, 0.1) is 5.56 Å². The molecule has 1 saturated heterocycles. The van der Waals surface area contributed by atoms with Gasteiger partial charge in [-0.15, -0.1) is 0 Å². The minimum Gasteiger partial charge on any atom is -0.436 e. The van der Waals surface area contributed by atoms with Gasteiger partial charge in [0.1, 0.15) is 11.6 Å². The van der Waals surface area contributed by atoms with E-state index in [2.05, 4.69) is 15.3 Å². The molecule has 34 heavy (non-hydrogen) atoms. The summed E-state index contributed by atoms with van der Waals surface area (Å²) in [6, 6.07) is 6.06. The number of aromatic nitrogens is 2. The third kappa shape index (κ3) is 4.50.